The molecule has 59 heavy (non-hydrogen) atoms. The van der Waals surface area contributed by atoms with Crippen LogP contribution < -0.4 is 0 Å². The third-order valence-corrected chi connectivity index (χ3v) is 10.2. The molecule has 0 aliphatic carbocycles. The first-order valence-corrected chi connectivity index (χ1v) is 24.4. The maximum Gasteiger partial charge on any atom is 0.306 e. The van der Waals surface area contributed by atoms with E-state index in [4.69, 9.17) is 14.2 Å². The minimum atomic E-state index is -0.806. The quantitative estimate of drug-likeness (QED) is 0.0264. The van der Waals surface area contributed by atoms with Gasteiger partial charge >= 0.3 is 17.9 Å². The van der Waals surface area contributed by atoms with Crippen molar-refractivity contribution in [3.63, 3.8) is 0 Å². The Hall–Kier alpha value is -3.15. The van der Waals surface area contributed by atoms with E-state index in [9.17, 15) is 14.4 Å². The van der Waals surface area contributed by atoms with Gasteiger partial charge in [0.05, 0.1) is 0 Å². The van der Waals surface area contributed by atoms with E-state index < -0.39 is 6.10 Å². The van der Waals surface area contributed by atoms with Gasteiger partial charge in [0.15, 0.2) is 6.10 Å². The highest BCUT2D eigenvalue weighted by Gasteiger charge is 2.19. The SMILES string of the molecule is CCCC/C=C\CCCCCCCC(=O)OCC(COC(=O)CCC/C=C\C/C=C\C/C=C\C/C=C\CCCCC)OC(=O)CCCCC/C=C\CCCCCCCC. The molecule has 0 aliphatic rings. The molecule has 1 unspecified atom stereocenters. The van der Waals surface area contributed by atoms with Crippen LogP contribution in [-0.2, 0) is 28.6 Å². The van der Waals surface area contributed by atoms with E-state index in [0.29, 0.717) is 19.3 Å². The minimum Gasteiger partial charge on any atom is -0.462 e. The van der Waals surface area contributed by atoms with E-state index in [2.05, 4.69) is 93.7 Å². The fraction of sp³-hybridized carbons (Fsp3) is 0.717. The Morgan fingerprint density at radius 1 is 0.339 bits per heavy atom. The highest BCUT2D eigenvalue weighted by Crippen LogP contribution is 2.12. The highest BCUT2D eigenvalue weighted by molar-refractivity contribution is 5.71. The van der Waals surface area contributed by atoms with E-state index in [0.717, 1.165) is 89.9 Å². The molecule has 6 nitrogen and oxygen atoms in total. The first kappa shape index (κ1) is 55.9. The Morgan fingerprint density at radius 3 is 1.14 bits per heavy atom. The number of hydrogen-bond donors (Lipinski definition) is 0. The predicted molar refractivity (Wildman–Crippen MR) is 251 cm³/mol. The van der Waals surface area contributed by atoms with Gasteiger partial charge in [-0.1, -0.05) is 177 Å². The van der Waals surface area contributed by atoms with Crippen LogP contribution in [0.25, 0.3) is 0 Å². The molecule has 0 saturated heterocycles. The smallest absolute Gasteiger partial charge is 0.306 e. The second-order valence-corrected chi connectivity index (χ2v) is 16.0. The van der Waals surface area contributed by atoms with Crippen molar-refractivity contribution in [1.82, 2.24) is 0 Å². The summed E-state index contributed by atoms with van der Waals surface area (Å²) in [5.41, 5.74) is 0. The number of rotatable bonds is 43. The largest absolute Gasteiger partial charge is 0.462 e. The molecule has 0 aliphatic heterocycles. The zero-order valence-corrected chi connectivity index (χ0v) is 38.5. The van der Waals surface area contributed by atoms with Crippen LogP contribution >= 0.6 is 0 Å². The molecule has 6 heteroatoms. The zero-order valence-electron chi connectivity index (χ0n) is 38.5. The fourth-order valence-corrected chi connectivity index (χ4v) is 6.41. The number of hydrogen-bond acceptors (Lipinski definition) is 6. The van der Waals surface area contributed by atoms with Gasteiger partial charge in [-0.25, -0.2) is 0 Å². The van der Waals surface area contributed by atoms with Gasteiger partial charge < -0.3 is 14.2 Å². The molecular formula is C53H90O6. The summed E-state index contributed by atoms with van der Waals surface area (Å²) in [7, 11) is 0. The number of allylic oxidation sites excluding steroid dienone is 12. The molecular weight excluding hydrogens is 733 g/mol. The fourth-order valence-electron chi connectivity index (χ4n) is 6.41. The van der Waals surface area contributed by atoms with Gasteiger partial charge in [-0.2, -0.15) is 0 Å². The molecule has 0 fully saturated rings. The monoisotopic (exact) mass is 823 g/mol. The van der Waals surface area contributed by atoms with Crippen molar-refractivity contribution in [3.05, 3.63) is 72.9 Å². The molecule has 0 heterocycles. The van der Waals surface area contributed by atoms with Gasteiger partial charge in [0.25, 0.3) is 0 Å². The molecule has 1 atom stereocenters. The summed E-state index contributed by atoms with van der Waals surface area (Å²) in [6, 6.07) is 0. The molecule has 0 rings (SSSR count). The standard InChI is InChI=1S/C53H90O6/c1-4-7-10-13-16-19-22-24-25-26-27-29-31-34-37-40-43-46-52(55)58-49-50(48-57-51(54)45-42-39-36-33-30-21-18-15-12-9-6-3)59-53(56)47-44-41-38-35-32-28-23-20-17-14-11-8-5-2/h15-16,18-19,24-25,27-29,32,34,37,50H,4-14,17,20-23,26,30-31,33,35-36,38-49H2,1-3H3/b18-15-,19-16-,25-24-,29-27-,32-28-,37-34-. The Bertz CT molecular complexity index is 1130. The van der Waals surface area contributed by atoms with Crippen LogP contribution in [0.3, 0.4) is 0 Å². The van der Waals surface area contributed by atoms with Gasteiger partial charge in [0.2, 0.25) is 0 Å². The van der Waals surface area contributed by atoms with Crippen LogP contribution in [0.1, 0.15) is 226 Å². The van der Waals surface area contributed by atoms with Crippen molar-refractivity contribution in [1.29, 1.82) is 0 Å². The zero-order chi connectivity index (χ0) is 43.0. The maximum absolute atomic E-state index is 12.7. The lowest BCUT2D eigenvalue weighted by Gasteiger charge is -2.18. The van der Waals surface area contributed by atoms with Crippen molar-refractivity contribution >= 4 is 17.9 Å². The second kappa shape index (κ2) is 47.5. The Balaban J connectivity index is 4.49. The highest BCUT2D eigenvalue weighted by atomic mass is 16.6. The van der Waals surface area contributed by atoms with Crippen molar-refractivity contribution in [2.24, 2.45) is 0 Å². The Morgan fingerprint density at radius 2 is 0.644 bits per heavy atom. The lowest BCUT2D eigenvalue weighted by Crippen LogP contribution is -2.30. The lowest BCUT2D eigenvalue weighted by molar-refractivity contribution is -0.167. The topological polar surface area (TPSA) is 78.9 Å². The van der Waals surface area contributed by atoms with Crippen molar-refractivity contribution in [2.75, 3.05) is 13.2 Å². The van der Waals surface area contributed by atoms with Crippen LogP contribution in [0.4, 0.5) is 0 Å². The molecule has 0 radical (unpaired) electrons. The average molecular weight is 823 g/mol. The minimum absolute atomic E-state index is 0.103. The number of ether oxygens (including phenoxy) is 3. The molecule has 0 bridgehead atoms. The van der Waals surface area contributed by atoms with Gasteiger partial charge in [-0.05, 0) is 103 Å². The molecule has 0 amide bonds. The summed E-state index contributed by atoms with van der Waals surface area (Å²) in [5, 5.41) is 0. The molecule has 0 saturated carbocycles. The first-order valence-electron chi connectivity index (χ1n) is 24.4. The van der Waals surface area contributed by atoms with Crippen molar-refractivity contribution in [2.45, 2.75) is 232 Å². The van der Waals surface area contributed by atoms with E-state index in [1.807, 2.05) is 0 Å². The number of carbonyl (C=O) groups is 3. The van der Waals surface area contributed by atoms with Crippen LogP contribution in [0.5, 0.6) is 0 Å². The van der Waals surface area contributed by atoms with E-state index in [1.54, 1.807) is 0 Å². The molecule has 0 spiro atoms. The number of esters is 3. The van der Waals surface area contributed by atoms with Gasteiger partial charge in [0, 0.05) is 19.3 Å². The third kappa shape index (κ3) is 45.8. The van der Waals surface area contributed by atoms with Crippen LogP contribution in [-0.4, -0.2) is 37.2 Å². The van der Waals surface area contributed by atoms with Crippen LogP contribution in [0, 0.1) is 0 Å². The number of carbonyl (C=O) groups excluding carboxylic acids is 3. The second-order valence-electron chi connectivity index (χ2n) is 16.0. The molecule has 0 aromatic heterocycles. The summed E-state index contributed by atoms with van der Waals surface area (Å²) in [5.74, 6) is -0.990. The van der Waals surface area contributed by atoms with E-state index in [-0.39, 0.29) is 37.5 Å². The van der Waals surface area contributed by atoms with Crippen molar-refractivity contribution < 1.29 is 28.6 Å². The molecule has 338 valence electrons. The normalized spacial score (nSPS) is 12.7. The van der Waals surface area contributed by atoms with Gasteiger partial charge in [-0.15, -0.1) is 0 Å². The number of unbranched alkanes of at least 4 members (excludes halogenated alkanes) is 20. The van der Waals surface area contributed by atoms with E-state index >= 15 is 0 Å². The van der Waals surface area contributed by atoms with Gasteiger partial charge in [-0.3, -0.25) is 14.4 Å². The summed E-state index contributed by atoms with van der Waals surface area (Å²) < 4.78 is 16.7. The van der Waals surface area contributed by atoms with Crippen LogP contribution in [0.2, 0.25) is 0 Å². The summed E-state index contributed by atoms with van der Waals surface area (Å²) in [4.78, 5) is 37.8. The summed E-state index contributed by atoms with van der Waals surface area (Å²) in [6.07, 6.45) is 58.9. The maximum atomic E-state index is 12.7. The lowest BCUT2D eigenvalue weighted by atomic mass is 10.1. The first-order chi connectivity index (χ1) is 29.0. The molecule has 0 aromatic carbocycles. The summed E-state index contributed by atoms with van der Waals surface area (Å²) in [6.45, 7) is 6.48. The molecule has 0 aromatic rings. The molecule has 0 N–H and O–H groups in total. The van der Waals surface area contributed by atoms with E-state index in [1.165, 1.54) is 89.9 Å². The Labute approximate surface area is 363 Å². The van der Waals surface area contributed by atoms with Crippen LogP contribution in [0.15, 0.2) is 72.9 Å². The summed E-state index contributed by atoms with van der Waals surface area (Å²) >= 11 is 0. The third-order valence-electron chi connectivity index (χ3n) is 10.2. The average Bonchev–Trinajstić information content (AvgIpc) is 3.23. The predicted octanol–water partition coefficient (Wildman–Crippen LogP) is 15.9. The van der Waals surface area contributed by atoms with Gasteiger partial charge in [0.1, 0.15) is 13.2 Å². The Kier molecular flexibility index (Phi) is 45.0. The van der Waals surface area contributed by atoms with Crippen molar-refractivity contribution in [3.8, 4) is 0 Å².